The van der Waals surface area contributed by atoms with Gasteiger partial charge < -0.3 is 25.0 Å². The van der Waals surface area contributed by atoms with Crippen LogP contribution in [0.25, 0.3) is 0 Å². The normalized spacial score (nSPS) is 15.1. The third-order valence-corrected chi connectivity index (χ3v) is 2.41. The average molecular weight is 225 g/mol. The zero-order valence-electron chi connectivity index (χ0n) is 8.85. The van der Waals surface area contributed by atoms with Gasteiger partial charge in [-0.1, -0.05) is 6.07 Å². The fourth-order valence-corrected chi connectivity index (χ4v) is 1.56. The van der Waals surface area contributed by atoms with Gasteiger partial charge in [-0.25, -0.2) is 0 Å². The summed E-state index contributed by atoms with van der Waals surface area (Å²) in [5.74, 6) is 1.37. The minimum absolute atomic E-state index is 0.0634. The molecule has 0 aliphatic carbocycles. The quantitative estimate of drug-likeness (QED) is 0.617. The van der Waals surface area contributed by atoms with Gasteiger partial charge in [-0.3, -0.25) is 0 Å². The molecule has 5 heteroatoms. The number of benzene rings is 1. The Morgan fingerprint density at radius 2 is 2.12 bits per heavy atom. The number of hydrogen-bond acceptors (Lipinski definition) is 5. The van der Waals surface area contributed by atoms with E-state index < -0.39 is 6.10 Å². The number of rotatable bonds is 5. The van der Waals surface area contributed by atoms with E-state index in [9.17, 15) is 5.11 Å². The van der Waals surface area contributed by atoms with E-state index in [2.05, 4.69) is 5.32 Å². The molecule has 1 aromatic carbocycles. The van der Waals surface area contributed by atoms with Crippen LogP contribution in [-0.2, 0) is 0 Å². The summed E-state index contributed by atoms with van der Waals surface area (Å²) < 4.78 is 10.4. The Balaban J connectivity index is 1.98. The van der Waals surface area contributed by atoms with Gasteiger partial charge in [0, 0.05) is 13.1 Å². The van der Waals surface area contributed by atoms with Crippen LogP contribution in [0.1, 0.15) is 11.7 Å². The van der Waals surface area contributed by atoms with E-state index in [4.69, 9.17) is 14.6 Å². The second kappa shape index (κ2) is 5.16. The van der Waals surface area contributed by atoms with E-state index in [0.717, 1.165) is 5.56 Å². The minimum atomic E-state index is -0.610. The second-order valence-corrected chi connectivity index (χ2v) is 3.56. The first kappa shape index (κ1) is 11.2. The van der Waals surface area contributed by atoms with Gasteiger partial charge in [0.05, 0.1) is 12.7 Å². The Hall–Kier alpha value is -1.30. The molecule has 0 aromatic heterocycles. The first-order chi connectivity index (χ1) is 7.81. The molecule has 2 rings (SSSR count). The minimum Gasteiger partial charge on any atom is -0.454 e. The summed E-state index contributed by atoms with van der Waals surface area (Å²) >= 11 is 0. The highest BCUT2D eigenvalue weighted by Gasteiger charge is 2.16. The topological polar surface area (TPSA) is 71.0 Å². The van der Waals surface area contributed by atoms with Crippen LogP contribution in [0, 0.1) is 0 Å². The van der Waals surface area contributed by atoms with Crippen LogP contribution in [-0.4, -0.2) is 36.7 Å². The van der Waals surface area contributed by atoms with Gasteiger partial charge in [0.25, 0.3) is 0 Å². The summed E-state index contributed by atoms with van der Waals surface area (Å²) in [4.78, 5) is 0. The molecule has 5 nitrogen and oxygen atoms in total. The van der Waals surface area contributed by atoms with Gasteiger partial charge in [0.2, 0.25) is 6.79 Å². The van der Waals surface area contributed by atoms with Gasteiger partial charge in [0.15, 0.2) is 11.5 Å². The largest absolute Gasteiger partial charge is 0.454 e. The molecule has 0 fully saturated rings. The molecule has 1 aliphatic rings. The number of fused-ring (bicyclic) bond motifs is 1. The van der Waals surface area contributed by atoms with Crippen molar-refractivity contribution in [3.63, 3.8) is 0 Å². The molecule has 1 aromatic rings. The first-order valence-corrected chi connectivity index (χ1v) is 5.20. The molecule has 0 amide bonds. The van der Waals surface area contributed by atoms with Crippen LogP contribution in [0.2, 0.25) is 0 Å². The fourth-order valence-electron chi connectivity index (χ4n) is 1.56. The third kappa shape index (κ3) is 2.44. The maximum Gasteiger partial charge on any atom is 0.231 e. The Labute approximate surface area is 93.6 Å². The van der Waals surface area contributed by atoms with E-state index in [1.165, 1.54) is 0 Å². The molecule has 0 saturated carbocycles. The van der Waals surface area contributed by atoms with Crippen LogP contribution in [0.4, 0.5) is 0 Å². The van der Waals surface area contributed by atoms with Crippen LogP contribution in [0.15, 0.2) is 18.2 Å². The SMILES string of the molecule is OCCNCC(O)c1ccc2c(c1)OCO2. The number of hydrogen-bond donors (Lipinski definition) is 3. The fraction of sp³-hybridized carbons (Fsp3) is 0.455. The number of aliphatic hydroxyl groups is 2. The predicted octanol–water partition coefficient (Wildman–Crippen LogP) is 0.0306. The maximum atomic E-state index is 9.84. The van der Waals surface area contributed by atoms with Crippen molar-refractivity contribution in [1.82, 2.24) is 5.32 Å². The summed E-state index contributed by atoms with van der Waals surface area (Å²) in [5, 5.41) is 21.4. The lowest BCUT2D eigenvalue weighted by Gasteiger charge is -2.12. The maximum absolute atomic E-state index is 9.84. The first-order valence-electron chi connectivity index (χ1n) is 5.20. The van der Waals surface area contributed by atoms with Crippen molar-refractivity contribution in [3.05, 3.63) is 23.8 Å². The van der Waals surface area contributed by atoms with Gasteiger partial charge in [-0.05, 0) is 17.7 Å². The summed E-state index contributed by atoms with van der Waals surface area (Å²) in [5.41, 5.74) is 0.773. The summed E-state index contributed by atoms with van der Waals surface area (Å²) in [6.45, 7) is 1.17. The van der Waals surface area contributed by atoms with Crippen LogP contribution < -0.4 is 14.8 Å². The molecule has 1 unspecified atom stereocenters. The molecule has 3 N–H and O–H groups in total. The van der Waals surface area contributed by atoms with Crippen molar-refractivity contribution >= 4 is 0 Å². The summed E-state index contributed by atoms with van der Waals surface area (Å²) in [6.07, 6.45) is -0.610. The Bertz CT molecular complexity index is 356. The number of nitrogens with one attached hydrogen (secondary N) is 1. The van der Waals surface area contributed by atoms with Gasteiger partial charge >= 0.3 is 0 Å². The Morgan fingerprint density at radius 3 is 2.94 bits per heavy atom. The zero-order chi connectivity index (χ0) is 11.4. The summed E-state index contributed by atoms with van der Waals surface area (Å²) in [7, 11) is 0. The zero-order valence-corrected chi connectivity index (χ0v) is 8.85. The molecule has 0 spiro atoms. The molecule has 1 heterocycles. The van der Waals surface area contributed by atoms with E-state index in [1.807, 2.05) is 0 Å². The van der Waals surface area contributed by atoms with Crippen molar-refractivity contribution in [2.75, 3.05) is 26.5 Å². The van der Waals surface area contributed by atoms with Crippen molar-refractivity contribution in [1.29, 1.82) is 0 Å². The van der Waals surface area contributed by atoms with E-state index in [1.54, 1.807) is 18.2 Å². The van der Waals surface area contributed by atoms with Crippen LogP contribution in [0.5, 0.6) is 11.5 Å². The molecule has 16 heavy (non-hydrogen) atoms. The highest BCUT2D eigenvalue weighted by molar-refractivity contribution is 5.45. The van der Waals surface area contributed by atoms with Crippen molar-refractivity contribution in [2.45, 2.75) is 6.10 Å². The van der Waals surface area contributed by atoms with Crippen molar-refractivity contribution < 1.29 is 19.7 Å². The standard InChI is InChI=1S/C11H15NO4/c13-4-3-12-6-9(14)8-1-2-10-11(5-8)16-7-15-10/h1-2,5,9,12-14H,3-4,6-7H2. The molecule has 88 valence electrons. The number of ether oxygens (including phenoxy) is 2. The highest BCUT2D eigenvalue weighted by Crippen LogP contribution is 2.33. The lowest BCUT2D eigenvalue weighted by Crippen LogP contribution is -2.24. The van der Waals surface area contributed by atoms with Crippen molar-refractivity contribution in [2.24, 2.45) is 0 Å². The molecule has 0 radical (unpaired) electrons. The molecule has 0 bridgehead atoms. The van der Waals surface area contributed by atoms with Gasteiger partial charge in [-0.15, -0.1) is 0 Å². The lowest BCUT2D eigenvalue weighted by molar-refractivity contribution is 0.168. The van der Waals surface area contributed by atoms with E-state index in [0.29, 0.717) is 24.6 Å². The lowest BCUT2D eigenvalue weighted by atomic mass is 10.1. The third-order valence-electron chi connectivity index (χ3n) is 2.41. The highest BCUT2D eigenvalue weighted by atomic mass is 16.7. The molecule has 1 atom stereocenters. The molecule has 0 saturated heterocycles. The van der Waals surface area contributed by atoms with Gasteiger partial charge in [-0.2, -0.15) is 0 Å². The second-order valence-electron chi connectivity index (χ2n) is 3.56. The average Bonchev–Trinajstić information content (AvgIpc) is 2.76. The predicted molar refractivity (Wildman–Crippen MR) is 57.5 cm³/mol. The number of aliphatic hydroxyl groups excluding tert-OH is 2. The van der Waals surface area contributed by atoms with Crippen LogP contribution >= 0.6 is 0 Å². The Morgan fingerprint density at radius 1 is 1.31 bits per heavy atom. The monoisotopic (exact) mass is 225 g/mol. The van der Waals surface area contributed by atoms with Gasteiger partial charge in [0.1, 0.15) is 0 Å². The summed E-state index contributed by atoms with van der Waals surface area (Å²) in [6, 6.07) is 5.36. The molecule has 1 aliphatic heterocycles. The van der Waals surface area contributed by atoms with E-state index in [-0.39, 0.29) is 13.4 Å². The Kier molecular flexibility index (Phi) is 3.61. The van der Waals surface area contributed by atoms with E-state index >= 15 is 0 Å². The van der Waals surface area contributed by atoms with Crippen molar-refractivity contribution in [3.8, 4) is 11.5 Å². The van der Waals surface area contributed by atoms with Crippen LogP contribution in [0.3, 0.4) is 0 Å². The molecular weight excluding hydrogens is 210 g/mol. The smallest absolute Gasteiger partial charge is 0.231 e. The molecular formula is C11H15NO4.